The van der Waals surface area contributed by atoms with Crippen LogP contribution in [0.1, 0.15) is 46.0 Å². The van der Waals surface area contributed by atoms with Gasteiger partial charge in [-0.15, -0.1) is 0 Å². The number of aliphatic imine (C=N–C) groups is 1. The van der Waals surface area contributed by atoms with Gasteiger partial charge in [-0.3, -0.25) is 4.99 Å². The Balaban J connectivity index is 3.68. The van der Waals surface area contributed by atoms with Crippen molar-refractivity contribution in [3.05, 3.63) is 24.8 Å². The normalized spacial score (nSPS) is 12.2. The van der Waals surface area contributed by atoms with E-state index in [9.17, 15) is 0 Å². The molecule has 0 radical (unpaired) electrons. The van der Waals surface area contributed by atoms with Gasteiger partial charge >= 0.3 is 0 Å². The van der Waals surface area contributed by atoms with E-state index in [0.29, 0.717) is 0 Å². The molecular formula is C15H28N2. The molecule has 0 aromatic carbocycles. The zero-order valence-electron chi connectivity index (χ0n) is 11.5. The summed E-state index contributed by atoms with van der Waals surface area (Å²) in [5.41, 5.74) is 1.18. The van der Waals surface area contributed by atoms with E-state index in [4.69, 9.17) is 0 Å². The zero-order valence-corrected chi connectivity index (χ0v) is 11.5. The van der Waals surface area contributed by atoms with Crippen LogP contribution in [0.15, 0.2) is 29.8 Å². The Kier molecular flexibility index (Phi) is 12.5. The Morgan fingerprint density at radius 1 is 1.18 bits per heavy atom. The molecule has 0 aliphatic heterocycles. The molecular weight excluding hydrogens is 208 g/mol. The van der Waals surface area contributed by atoms with Crippen molar-refractivity contribution in [3.63, 3.8) is 0 Å². The highest BCUT2D eigenvalue weighted by atomic mass is 14.9. The molecule has 0 bridgehead atoms. The van der Waals surface area contributed by atoms with Crippen molar-refractivity contribution in [2.75, 3.05) is 19.6 Å². The molecule has 0 saturated heterocycles. The predicted octanol–water partition coefficient (Wildman–Crippen LogP) is 3.75. The van der Waals surface area contributed by atoms with E-state index in [1.807, 2.05) is 6.08 Å². The number of rotatable bonds is 11. The van der Waals surface area contributed by atoms with Crippen molar-refractivity contribution in [3.8, 4) is 0 Å². The lowest BCUT2D eigenvalue weighted by Gasteiger charge is -2.03. The fourth-order valence-corrected chi connectivity index (χ4v) is 1.55. The summed E-state index contributed by atoms with van der Waals surface area (Å²) < 4.78 is 0. The highest BCUT2D eigenvalue weighted by molar-refractivity contribution is 5.95. The molecule has 0 atom stereocenters. The zero-order chi connectivity index (χ0) is 12.8. The van der Waals surface area contributed by atoms with Gasteiger partial charge in [-0.2, -0.15) is 0 Å². The summed E-state index contributed by atoms with van der Waals surface area (Å²) in [6.45, 7) is 11.1. The fourth-order valence-electron chi connectivity index (χ4n) is 1.55. The summed E-state index contributed by atoms with van der Waals surface area (Å²) in [6, 6.07) is 0. The van der Waals surface area contributed by atoms with Gasteiger partial charge in [0, 0.05) is 12.3 Å². The molecule has 1 N–H and O–H groups in total. The van der Waals surface area contributed by atoms with Gasteiger partial charge in [0.2, 0.25) is 0 Å². The van der Waals surface area contributed by atoms with Gasteiger partial charge in [0.1, 0.15) is 0 Å². The van der Waals surface area contributed by atoms with Crippen LogP contribution in [0.2, 0.25) is 0 Å². The van der Waals surface area contributed by atoms with Gasteiger partial charge in [-0.1, -0.05) is 51.8 Å². The van der Waals surface area contributed by atoms with E-state index in [0.717, 1.165) is 32.5 Å². The van der Waals surface area contributed by atoms with Crippen LogP contribution in [0.5, 0.6) is 0 Å². The summed E-state index contributed by atoms with van der Waals surface area (Å²) in [4.78, 5) is 4.59. The molecule has 0 aliphatic carbocycles. The van der Waals surface area contributed by atoms with Crippen LogP contribution in [0, 0.1) is 0 Å². The topological polar surface area (TPSA) is 24.4 Å². The van der Waals surface area contributed by atoms with Gasteiger partial charge in [0.25, 0.3) is 0 Å². The molecule has 0 unspecified atom stereocenters. The minimum Gasteiger partial charge on any atom is -0.315 e. The first-order valence-corrected chi connectivity index (χ1v) is 6.88. The third kappa shape index (κ3) is 11.4. The van der Waals surface area contributed by atoms with Crippen molar-refractivity contribution < 1.29 is 0 Å². The van der Waals surface area contributed by atoms with Gasteiger partial charge < -0.3 is 5.32 Å². The Morgan fingerprint density at radius 3 is 2.65 bits per heavy atom. The number of hydrogen-bond donors (Lipinski definition) is 1. The van der Waals surface area contributed by atoms with Crippen LogP contribution in [0.4, 0.5) is 0 Å². The van der Waals surface area contributed by atoms with Crippen LogP contribution in [-0.2, 0) is 0 Å². The Bertz CT molecular complexity index is 229. The molecule has 0 aliphatic rings. The summed E-state index contributed by atoms with van der Waals surface area (Å²) in [5.74, 6) is 0. The Hall–Kier alpha value is -0.890. The molecule has 0 fully saturated rings. The van der Waals surface area contributed by atoms with Crippen LogP contribution >= 0.6 is 0 Å². The van der Waals surface area contributed by atoms with E-state index in [1.165, 1.54) is 25.0 Å². The molecule has 0 aromatic heterocycles. The molecule has 0 amide bonds. The molecule has 0 spiro atoms. The lowest BCUT2D eigenvalue weighted by molar-refractivity contribution is 0.621. The second-order valence-corrected chi connectivity index (χ2v) is 4.17. The first-order chi connectivity index (χ1) is 8.35. The van der Waals surface area contributed by atoms with Crippen molar-refractivity contribution in [1.29, 1.82) is 0 Å². The highest BCUT2D eigenvalue weighted by Crippen LogP contribution is 1.95. The number of nitrogens with one attached hydrogen (secondary N) is 1. The SMILES string of the molecule is C=C/C=C\C(CCC)=NCCNCCCCC. The Morgan fingerprint density at radius 2 is 2.00 bits per heavy atom. The van der Waals surface area contributed by atoms with Gasteiger partial charge in [0.15, 0.2) is 0 Å². The van der Waals surface area contributed by atoms with E-state index in [1.54, 1.807) is 6.08 Å². The van der Waals surface area contributed by atoms with Gasteiger partial charge in [-0.05, 0) is 25.5 Å². The maximum absolute atomic E-state index is 4.59. The van der Waals surface area contributed by atoms with Crippen LogP contribution in [0.25, 0.3) is 0 Å². The lowest BCUT2D eigenvalue weighted by Crippen LogP contribution is -2.19. The number of hydrogen-bond acceptors (Lipinski definition) is 2. The minimum absolute atomic E-state index is 0.878. The molecule has 0 aromatic rings. The smallest absolute Gasteiger partial charge is 0.0517 e. The van der Waals surface area contributed by atoms with Crippen molar-refractivity contribution in [2.24, 2.45) is 4.99 Å². The van der Waals surface area contributed by atoms with Crippen molar-refractivity contribution in [2.45, 2.75) is 46.0 Å². The van der Waals surface area contributed by atoms with E-state index in [2.05, 4.69) is 36.8 Å². The largest absolute Gasteiger partial charge is 0.315 e. The number of nitrogens with zero attached hydrogens (tertiary/aromatic N) is 1. The standard InChI is InChI=1S/C15H28N2/c1-4-7-9-12-16-13-14-17-15(10-6-3)11-8-5-2/h5,8,11,16H,2,4,6-7,9-10,12-14H2,1,3H3/b11-8-,17-15?. The fraction of sp³-hybridized carbons (Fsp3) is 0.667. The quantitative estimate of drug-likeness (QED) is 0.330. The molecule has 0 heterocycles. The molecule has 0 saturated carbocycles. The summed E-state index contributed by atoms with van der Waals surface area (Å²) >= 11 is 0. The van der Waals surface area contributed by atoms with E-state index in [-0.39, 0.29) is 0 Å². The van der Waals surface area contributed by atoms with Crippen LogP contribution in [-0.4, -0.2) is 25.3 Å². The lowest BCUT2D eigenvalue weighted by atomic mass is 10.2. The summed E-state index contributed by atoms with van der Waals surface area (Å²) in [6.07, 6.45) is 11.9. The molecule has 2 nitrogen and oxygen atoms in total. The monoisotopic (exact) mass is 236 g/mol. The number of allylic oxidation sites excluding steroid dienone is 3. The second kappa shape index (κ2) is 13.2. The van der Waals surface area contributed by atoms with E-state index < -0.39 is 0 Å². The van der Waals surface area contributed by atoms with Crippen LogP contribution in [0.3, 0.4) is 0 Å². The summed E-state index contributed by atoms with van der Waals surface area (Å²) in [5, 5.41) is 3.42. The minimum atomic E-state index is 0.878. The maximum Gasteiger partial charge on any atom is 0.0517 e. The molecule has 17 heavy (non-hydrogen) atoms. The van der Waals surface area contributed by atoms with Crippen molar-refractivity contribution >= 4 is 5.71 Å². The van der Waals surface area contributed by atoms with Crippen molar-refractivity contribution in [1.82, 2.24) is 5.32 Å². The predicted molar refractivity (Wildman–Crippen MR) is 78.9 cm³/mol. The number of unbranched alkanes of at least 4 members (excludes halogenated alkanes) is 2. The van der Waals surface area contributed by atoms with Gasteiger partial charge in [0.05, 0.1) is 6.54 Å². The Labute approximate surface area is 107 Å². The highest BCUT2D eigenvalue weighted by Gasteiger charge is 1.92. The van der Waals surface area contributed by atoms with Gasteiger partial charge in [-0.25, -0.2) is 0 Å². The second-order valence-electron chi connectivity index (χ2n) is 4.17. The maximum atomic E-state index is 4.59. The van der Waals surface area contributed by atoms with Crippen LogP contribution < -0.4 is 5.32 Å². The molecule has 98 valence electrons. The average molecular weight is 236 g/mol. The van der Waals surface area contributed by atoms with E-state index >= 15 is 0 Å². The third-order valence-corrected chi connectivity index (χ3v) is 2.49. The first kappa shape index (κ1) is 16.1. The summed E-state index contributed by atoms with van der Waals surface area (Å²) in [7, 11) is 0. The first-order valence-electron chi connectivity index (χ1n) is 6.88. The molecule has 0 rings (SSSR count). The third-order valence-electron chi connectivity index (χ3n) is 2.49. The molecule has 2 heteroatoms. The average Bonchev–Trinajstić information content (AvgIpc) is 2.34.